The zero-order valence-corrected chi connectivity index (χ0v) is 18.4. The molecule has 0 aliphatic rings. The highest BCUT2D eigenvalue weighted by molar-refractivity contribution is 6.35. The molecule has 0 saturated heterocycles. The van der Waals surface area contributed by atoms with Crippen LogP contribution in [0.4, 0.5) is 5.69 Å². The number of ether oxygens (including phenoxy) is 1. The summed E-state index contributed by atoms with van der Waals surface area (Å²) >= 11 is 12.0. The first-order valence-electron chi connectivity index (χ1n) is 9.39. The number of benzene rings is 2. The van der Waals surface area contributed by atoms with Crippen molar-refractivity contribution in [1.82, 2.24) is 15.1 Å². The summed E-state index contributed by atoms with van der Waals surface area (Å²) in [6.07, 6.45) is 0. The molecule has 0 unspecified atom stereocenters. The number of aromatic nitrogens is 2. The fourth-order valence-electron chi connectivity index (χ4n) is 3.10. The van der Waals surface area contributed by atoms with Crippen molar-refractivity contribution in [1.29, 1.82) is 0 Å². The average Bonchev–Trinajstić information content (AvgIpc) is 3.00. The fourth-order valence-corrected chi connectivity index (χ4v) is 3.57. The van der Waals surface area contributed by atoms with Gasteiger partial charge < -0.3 is 10.1 Å². The van der Waals surface area contributed by atoms with Gasteiger partial charge in [-0.3, -0.25) is 19.6 Å². The predicted octanol–water partition coefficient (Wildman–Crippen LogP) is 4.72. The summed E-state index contributed by atoms with van der Waals surface area (Å²) in [5.74, 6) is 0.238. The van der Waals surface area contributed by atoms with Crippen molar-refractivity contribution in [2.24, 2.45) is 0 Å². The van der Waals surface area contributed by atoms with Gasteiger partial charge in [0, 0.05) is 17.1 Å². The normalized spacial score (nSPS) is 10.7. The van der Waals surface area contributed by atoms with Gasteiger partial charge in [-0.25, -0.2) is 0 Å². The third kappa shape index (κ3) is 5.53. The Balaban J connectivity index is 1.58. The molecule has 162 valence electrons. The minimum Gasteiger partial charge on any atom is -0.487 e. The van der Waals surface area contributed by atoms with Crippen LogP contribution in [-0.2, 0) is 13.2 Å². The van der Waals surface area contributed by atoms with Crippen LogP contribution in [0.5, 0.6) is 5.75 Å². The van der Waals surface area contributed by atoms with Crippen LogP contribution in [0.2, 0.25) is 10.0 Å². The number of carbonyl (C=O) groups excluding carboxylic acids is 1. The number of nitrogens with zero attached hydrogens (tertiary/aromatic N) is 3. The molecule has 0 fully saturated rings. The molecule has 0 aliphatic heterocycles. The van der Waals surface area contributed by atoms with Crippen LogP contribution in [0.1, 0.15) is 27.3 Å². The van der Waals surface area contributed by atoms with Crippen molar-refractivity contribution >= 4 is 34.8 Å². The van der Waals surface area contributed by atoms with Gasteiger partial charge in [0.2, 0.25) is 0 Å². The van der Waals surface area contributed by atoms with Crippen LogP contribution in [0.25, 0.3) is 0 Å². The molecule has 3 aromatic rings. The van der Waals surface area contributed by atoms with Gasteiger partial charge in [0.25, 0.3) is 5.91 Å². The minimum absolute atomic E-state index is 0.000168. The van der Waals surface area contributed by atoms with E-state index in [9.17, 15) is 14.9 Å². The number of hydrogen-bond acceptors (Lipinski definition) is 5. The third-order valence-electron chi connectivity index (χ3n) is 4.61. The Morgan fingerprint density at radius 1 is 1.23 bits per heavy atom. The molecular weight excluding hydrogens is 443 g/mol. The average molecular weight is 463 g/mol. The van der Waals surface area contributed by atoms with Crippen LogP contribution in [0.3, 0.4) is 0 Å². The first-order chi connectivity index (χ1) is 14.8. The summed E-state index contributed by atoms with van der Waals surface area (Å²) in [6.45, 7) is 4.06. The number of rotatable bonds is 8. The lowest BCUT2D eigenvalue weighted by Crippen LogP contribution is -2.27. The highest BCUT2D eigenvalue weighted by atomic mass is 35.5. The van der Waals surface area contributed by atoms with Crippen molar-refractivity contribution in [3.8, 4) is 5.75 Å². The quantitative estimate of drug-likeness (QED) is 0.385. The molecule has 1 heterocycles. The van der Waals surface area contributed by atoms with Crippen LogP contribution < -0.4 is 10.1 Å². The number of halogens is 2. The minimum atomic E-state index is -0.447. The Labute approximate surface area is 188 Å². The molecule has 0 spiro atoms. The monoisotopic (exact) mass is 462 g/mol. The lowest BCUT2D eigenvalue weighted by molar-refractivity contribution is -0.386. The van der Waals surface area contributed by atoms with E-state index < -0.39 is 4.92 Å². The molecule has 8 nitrogen and oxygen atoms in total. The zero-order valence-electron chi connectivity index (χ0n) is 16.9. The lowest BCUT2D eigenvalue weighted by atomic mass is 10.1. The topological polar surface area (TPSA) is 99.3 Å². The van der Waals surface area contributed by atoms with E-state index in [1.54, 1.807) is 50.2 Å². The van der Waals surface area contributed by atoms with E-state index in [1.165, 1.54) is 4.68 Å². The van der Waals surface area contributed by atoms with Gasteiger partial charge in [-0.15, -0.1) is 0 Å². The van der Waals surface area contributed by atoms with Gasteiger partial charge in [0.15, 0.2) is 0 Å². The molecule has 2 aromatic carbocycles. The fraction of sp³-hybridized carbons (Fsp3) is 0.238. The molecule has 0 bridgehead atoms. The largest absolute Gasteiger partial charge is 0.487 e. The van der Waals surface area contributed by atoms with Gasteiger partial charge in [-0.2, -0.15) is 5.10 Å². The smallest absolute Gasteiger partial charge is 0.312 e. The highest BCUT2D eigenvalue weighted by Crippen LogP contribution is 2.28. The summed E-state index contributed by atoms with van der Waals surface area (Å²) in [7, 11) is 0. The van der Waals surface area contributed by atoms with E-state index in [0.29, 0.717) is 39.3 Å². The Morgan fingerprint density at radius 2 is 2.00 bits per heavy atom. The summed E-state index contributed by atoms with van der Waals surface area (Å²) in [5, 5.41) is 19.0. The van der Waals surface area contributed by atoms with Gasteiger partial charge >= 0.3 is 5.69 Å². The maximum Gasteiger partial charge on any atom is 0.312 e. The van der Waals surface area contributed by atoms with Gasteiger partial charge in [-0.1, -0.05) is 35.3 Å². The summed E-state index contributed by atoms with van der Waals surface area (Å²) in [4.78, 5) is 23.1. The molecule has 1 amide bonds. The van der Waals surface area contributed by atoms with Crippen molar-refractivity contribution in [3.63, 3.8) is 0 Å². The molecule has 10 heteroatoms. The SMILES string of the molecule is Cc1nn(CCNC(=O)c2cccc(COc3ccc(Cl)cc3Cl)c2)c(C)c1[N+](=O)[O-]. The Kier molecular flexibility index (Phi) is 7.14. The molecule has 3 rings (SSSR count). The number of nitrogens with one attached hydrogen (secondary N) is 1. The Morgan fingerprint density at radius 3 is 2.68 bits per heavy atom. The van der Waals surface area contributed by atoms with Crippen LogP contribution in [0, 0.1) is 24.0 Å². The molecule has 1 N–H and O–H groups in total. The van der Waals surface area contributed by atoms with Gasteiger partial charge in [0.05, 0.1) is 16.5 Å². The van der Waals surface area contributed by atoms with Crippen LogP contribution in [-0.4, -0.2) is 27.2 Å². The summed E-state index contributed by atoms with van der Waals surface area (Å²) in [6, 6.07) is 12.0. The first kappa shape index (κ1) is 22.6. The van der Waals surface area contributed by atoms with Crippen molar-refractivity contribution < 1.29 is 14.5 Å². The lowest BCUT2D eigenvalue weighted by Gasteiger charge is -2.10. The molecular formula is C21H20Cl2N4O4. The molecule has 0 atom stereocenters. The van der Waals surface area contributed by atoms with E-state index in [2.05, 4.69) is 10.4 Å². The zero-order chi connectivity index (χ0) is 22.5. The van der Waals surface area contributed by atoms with Crippen molar-refractivity contribution in [3.05, 3.63) is 85.1 Å². The highest BCUT2D eigenvalue weighted by Gasteiger charge is 2.21. The molecule has 0 saturated carbocycles. The Bertz CT molecular complexity index is 1130. The van der Waals surface area contributed by atoms with Crippen molar-refractivity contribution in [2.45, 2.75) is 27.0 Å². The number of aryl methyl sites for hydroxylation is 1. The maximum atomic E-state index is 12.5. The number of nitro groups is 1. The van der Waals surface area contributed by atoms with E-state index in [-0.39, 0.29) is 24.7 Å². The van der Waals surface area contributed by atoms with Crippen LogP contribution in [0.15, 0.2) is 42.5 Å². The second-order valence-corrected chi connectivity index (χ2v) is 7.66. The standard InChI is InChI=1S/C21H20Cl2N4O4/c1-13-20(27(29)30)14(2)26(25-13)9-8-24-21(28)16-5-3-4-15(10-16)12-31-19-7-6-17(22)11-18(19)23/h3-7,10-11H,8-9,12H2,1-2H3,(H,24,28). The molecule has 31 heavy (non-hydrogen) atoms. The predicted molar refractivity (Wildman–Crippen MR) is 118 cm³/mol. The number of carbonyl (C=O) groups is 1. The second-order valence-electron chi connectivity index (χ2n) is 6.82. The van der Waals surface area contributed by atoms with Crippen LogP contribution >= 0.6 is 23.2 Å². The summed E-state index contributed by atoms with van der Waals surface area (Å²) in [5.41, 5.74) is 2.08. The maximum absolute atomic E-state index is 12.5. The Hall–Kier alpha value is -3.10. The molecule has 1 aromatic heterocycles. The summed E-state index contributed by atoms with van der Waals surface area (Å²) < 4.78 is 7.23. The second kappa shape index (κ2) is 9.80. The molecule has 0 aliphatic carbocycles. The van der Waals surface area contributed by atoms with Gasteiger partial charge in [-0.05, 0) is 49.7 Å². The van der Waals surface area contributed by atoms with Gasteiger partial charge in [0.1, 0.15) is 23.7 Å². The van der Waals surface area contributed by atoms with E-state index in [4.69, 9.17) is 27.9 Å². The van der Waals surface area contributed by atoms with E-state index in [0.717, 1.165) is 5.56 Å². The van der Waals surface area contributed by atoms with E-state index in [1.807, 2.05) is 6.07 Å². The third-order valence-corrected chi connectivity index (χ3v) is 5.14. The van der Waals surface area contributed by atoms with Crippen molar-refractivity contribution in [2.75, 3.05) is 6.54 Å². The van der Waals surface area contributed by atoms with E-state index >= 15 is 0 Å². The number of hydrogen-bond donors (Lipinski definition) is 1. The molecule has 0 radical (unpaired) electrons. The first-order valence-corrected chi connectivity index (χ1v) is 10.1. The number of amides is 1.